The second-order valence-corrected chi connectivity index (χ2v) is 2.96. The van der Waals surface area contributed by atoms with Crippen molar-refractivity contribution >= 4 is 0 Å². The maximum atomic E-state index is 2.39. The van der Waals surface area contributed by atoms with Crippen LogP contribution in [-0.4, -0.2) is 0 Å². The van der Waals surface area contributed by atoms with E-state index in [2.05, 4.69) is 37.6 Å². The Bertz CT molecular complexity index is 120. The molecule has 12 heavy (non-hydrogen) atoms. The average Bonchev–Trinajstić information content (AvgIpc) is 2.10. The van der Waals surface area contributed by atoms with Gasteiger partial charge in [-0.15, -0.1) is 0 Å². The second kappa shape index (κ2) is 10.5. The third kappa shape index (κ3) is 9.48. The van der Waals surface area contributed by atoms with Crippen molar-refractivity contribution in [3.8, 4) is 0 Å². The Kier molecular flexibility index (Phi) is 10.0. The highest BCUT2D eigenvalue weighted by molar-refractivity contribution is 5.01. The van der Waals surface area contributed by atoms with Crippen LogP contribution in [0.2, 0.25) is 0 Å². The van der Waals surface area contributed by atoms with E-state index in [-0.39, 0.29) is 0 Å². The van der Waals surface area contributed by atoms with Crippen LogP contribution in [0.25, 0.3) is 0 Å². The van der Waals surface area contributed by atoms with Gasteiger partial charge in [-0.25, -0.2) is 0 Å². The molecule has 0 aromatic heterocycles. The number of rotatable bonds is 7. The molecule has 0 saturated heterocycles. The lowest BCUT2D eigenvalue weighted by Crippen LogP contribution is -1.76. The highest BCUT2D eigenvalue weighted by atomic mass is 13.9. The van der Waals surface area contributed by atoms with Gasteiger partial charge in [-0.05, 0) is 26.2 Å². The van der Waals surface area contributed by atoms with Crippen LogP contribution >= 0.6 is 0 Å². The molecule has 0 heteroatoms. The summed E-state index contributed by atoms with van der Waals surface area (Å²) in [5.74, 6) is 0. The van der Waals surface area contributed by atoms with Crippen molar-refractivity contribution in [1.29, 1.82) is 0 Å². The maximum absolute atomic E-state index is 2.39. The molecule has 1 radical (unpaired) electrons. The van der Waals surface area contributed by atoms with E-state index in [1.807, 2.05) is 6.92 Å². The Labute approximate surface area is 77.4 Å². The first-order valence-electron chi connectivity index (χ1n) is 5.01. The summed E-state index contributed by atoms with van der Waals surface area (Å²) in [7, 11) is 0. The summed E-state index contributed by atoms with van der Waals surface area (Å²) >= 11 is 0. The topological polar surface area (TPSA) is 0 Å². The SMILES string of the molecule is CC=C/C=C/CC[CH]CCCC. The Hall–Kier alpha value is -0.520. The normalized spacial score (nSPS) is 11.8. The van der Waals surface area contributed by atoms with Crippen LogP contribution in [0.3, 0.4) is 0 Å². The maximum Gasteiger partial charge on any atom is -0.0345 e. The van der Waals surface area contributed by atoms with Crippen LogP contribution in [0.1, 0.15) is 46.0 Å². The van der Waals surface area contributed by atoms with E-state index in [1.165, 1.54) is 32.1 Å². The molecule has 0 atom stereocenters. The van der Waals surface area contributed by atoms with Gasteiger partial charge in [0.05, 0.1) is 0 Å². The molecule has 0 N–H and O–H groups in total. The van der Waals surface area contributed by atoms with Crippen molar-refractivity contribution in [1.82, 2.24) is 0 Å². The molecule has 0 fully saturated rings. The number of hydrogen-bond donors (Lipinski definition) is 0. The third-order valence-corrected chi connectivity index (χ3v) is 1.74. The molecule has 0 aliphatic heterocycles. The van der Waals surface area contributed by atoms with Crippen molar-refractivity contribution in [2.45, 2.75) is 46.0 Å². The number of hydrogen-bond acceptors (Lipinski definition) is 0. The molecule has 0 unspecified atom stereocenters. The summed E-state index contributed by atoms with van der Waals surface area (Å²) in [6, 6.07) is 0. The lowest BCUT2D eigenvalue weighted by atomic mass is 10.1. The zero-order valence-electron chi connectivity index (χ0n) is 8.42. The van der Waals surface area contributed by atoms with Crippen LogP contribution in [0.4, 0.5) is 0 Å². The fraction of sp³-hybridized carbons (Fsp3) is 0.583. The van der Waals surface area contributed by atoms with Crippen LogP contribution in [0.15, 0.2) is 24.3 Å². The lowest BCUT2D eigenvalue weighted by molar-refractivity contribution is 0.748. The molecule has 0 aliphatic carbocycles. The van der Waals surface area contributed by atoms with E-state index in [1.54, 1.807) is 0 Å². The van der Waals surface area contributed by atoms with E-state index in [0.717, 1.165) is 0 Å². The molecule has 0 amide bonds. The monoisotopic (exact) mass is 165 g/mol. The highest BCUT2D eigenvalue weighted by Gasteiger charge is 1.85. The van der Waals surface area contributed by atoms with Gasteiger partial charge in [0.2, 0.25) is 0 Å². The molecule has 0 nitrogen and oxygen atoms in total. The van der Waals surface area contributed by atoms with E-state index in [0.29, 0.717) is 0 Å². The van der Waals surface area contributed by atoms with Crippen LogP contribution in [0.5, 0.6) is 0 Å². The van der Waals surface area contributed by atoms with Crippen molar-refractivity contribution in [2.24, 2.45) is 0 Å². The first kappa shape index (κ1) is 11.5. The molecule has 0 aromatic carbocycles. The van der Waals surface area contributed by atoms with Crippen molar-refractivity contribution in [3.63, 3.8) is 0 Å². The third-order valence-electron chi connectivity index (χ3n) is 1.74. The Morgan fingerprint density at radius 2 is 1.83 bits per heavy atom. The highest BCUT2D eigenvalue weighted by Crippen LogP contribution is 2.03. The Morgan fingerprint density at radius 1 is 1.00 bits per heavy atom. The Balaban J connectivity index is 3.00. The molecule has 69 valence electrons. The molecule has 0 aromatic rings. The molecular weight excluding hydrogens is 144 g/mol. The lowest BCUT2D eigenvalue weighted by Gasteiger charge is -1.94. The zero-order chi connectivity index (χ0) is 9.07. The summed E-state index contributed by atoms with van der Waals surface area (Å²) in [6.07, 6.45) is 17.2. The van der Waals surface area contributed by atoms with Crippen molar-refractivity contribution in [2.75, 3.05) is 0 Å². The minimum absolute atomic E-state index is 1.19. The van der Waals surface area contributed by atoms with Gasteiger partial charge in [0.15, 0.2) is 0 Å². The quantitative estimate of drug-likeness (QED) is 0.390. The Morgan fingerprint density at radius 3 is 2.50 bits per heavy atom. The molecular formula is C12H21. The van der Waals surface area contributed by atoms with Gasteiger partial charge in [0.25, 0.3) is 0 Å². The van der Waals surface area contributed by atoms with Gasteiger partial charge in [0, 0.05) is 0 Å². The van der Waals surface area contributed by atoms with Crippen molar-refractivity contribution < 1.29 is 0 Å². The standard InChI is InChI=1S/C12H21/c1-3-5-7-9-11-12-10-8-6-4-2/h3,5,7,9-10H,4,6,8,11-12H2,1-2H3/b5-3?,9-7+. The van der Waals surface area contributed by atoms with Crippen LogP contribution < -0.4 is 0 Å². The molecule has 0 aliphatic rings. The fourth-order valence-corrected chi connectivity index (χ4v) is 0.993. The molecule has 0 bridgehead atoms. The van der Waals surface area contributed by atoms with Gasteiger partial charge >= 0.3 is 0 Å². The van der Waals surface area contributed by atoms with E-state index in [9.17, 15) is 0 Å². The smallest absolute Gasteiger partial charge is 0.0345 e. The summed E-state index contributed by atoms with van der Waals surface area (Å²) in [5.41, 5.74) is 0. The van der Waals surface area contributed by atoms with Crippen molar-refractivity contribution in [3.05, 3.63) is 30.7 Å². The van der Waals surface area contributed by atoms with Crippen LogP contribution in [0, 0.1) is 6.42 Å². The summed E-state index contributed by atoms with van der Waals surface area (Å²) in [4.78, 5) is 0. The van der Waals surface area contributed by atoms with Gasteiger partial charge < -0.3 is 0 Å². The number of allylic oxidation sites excluding steroid dienone is 4. The predicted octanol–water partition coefficient (Wildman–Crippen LogP) is 4.29. The van der Waals surface area contributed by atoms with E-state index >= 15 is 0 Å². The largest absolute Gasteiger partial charge is 0.0877 e. The fourth-order valence-electron chi connectivity index (χ4n) is 0.993. The molecule has 0 spiro atoms. The summed E-state index contributed by atoms with van der Waals surface area (Å²) in [6.45, 7) is 4.28. The van der Waals surface area contributed by atoms with Gasteiger partial charge in [0.1, 0.15) is 0 Å². The first-order valence-corrected chi connectivity index (χ1v) is 5.01. The first-order chi connectivity index (χ1) is 5.91. The minimum Gasteiger partial charge on any atom is -0.0877 e. The van der Waals surface area contributed by atoms with Crippen LogP contribution in [-0.2, 0) is 0 Å². The zero-order valence-corrected chi connectivity index (χ0v) is 8.42. The molecule has 0 rings (SSSR count). The molecule has 0 saturated carbocycles. The van der Waals surface area contributed by atoms with Gasteiger partial charge in [-0.3, -0.25) is 0 Å². The summed E-state index contributed by atoms with van der Waals surface area (Å²) < 4.78 is 0. The average molecular weight is 165 g/mol. The second-order valence-electron chi connectivity index (χ2n) is 2.96. The summed E-state index contributed by atoms with van der Waals surface area (Å²) in [5, 5.41) is 0. The minimum atomic E-state index is 1.19. The van der Waals surface area contributed by atoms with E-state index < -0.39 is 0 Å². The number of unbranched alkanes of at least 4 members (excludes halogenated alkanes) is 5. The predicted molar refractivity (Wildman–Crippen MR) is 57.0 cm³/mol. The molecule has 0 heterocycles. The van der Waals surface area contributed by atoms with E-state index in [4.69, 9.17) is 0 Å². The van der Waals surface area contributed by atoms with Gasteiger partial charge in [-0.2, -0.15) is 0 Å². The van der Waals surface area contributed by atoms with Gasteiger partial charge in [-0.1, -0.05) is 50.5 Å².